The molecule has 0 aromatic heterocycles. The summed E-state index contributed by atoms with van der Waals surface area (Å²) in [5.74, 6) is -0.322. The van der Waals surface area contributed by atoms with E-state index in [1.54, 1.807) is 24.3 Å². The molecule has 1 N–H and O–H groups in total. The molecule has 1 aliphatic rings. The van der Waals surface area contributed by atoms with Gasteiger partial charge in [0.15, 0.2) is 0 Å². The van der Waals surface area contributed by atoms with Gasteiger partial charge >= 0.3 is 0 Å². The van der Waals surface area contributed by atoms with Crippen LogP contribution in [0, 0.1) is 20.8 Å². The summed E-state index contributed by atoms with van der Waals surface area (Å²) in [6.45, 7) is 6.00. The highest BCUT2D eigenvalue weighted by Gasteiger charge is 2.39. The van der Waals surface area contributed by atoms with Crippen molar-refractivity contribution in [2.45, 2.75) is 44.7 Å². The number of nitrogens with zero attached hydrogens (tertiary/aromatic N) is 1. The normalized spacial score (nSPS) is 16.5. The SMILES string of the molecule is Cc1ccc(S(=O)(=O)N2Cc3ccccc3C[C@@H]2C(=O)Nc2ccc(C)cc2C)cc1. The van der Waals surface area contributed by atoms with E-state index < -0.39 is 16.1 Å². The number of benzene rings is 3. The van der Waals surface area contributed by atoms with Crippen molar-refractivity contribution in [3.05, 3.63) is 94.5 Å². The maximum absolute atomic E-state index is 13.5. The smallest absolute Gasteiger partial charge is 0.244 e. The Morgan fingerprint density at radius 2 is 1.55 bits per heavy atom. The Kier molecular flexibility index (Phi) is 5.69. The Morgan fingerprint density at radius 3 is 2.23 bits per heavy atom. The van der Waals surface area contributed by atoms with Crippen LogP contribution in [-0.4, -0.2) is 24.7 Å². The first-order valence-corrected chi connectivity index (χ1v) is 11.7. The minimum absolute atomic E-state index is 0.164. The summed E-state index contributed by atoms with van der Waals surface area (Å²) >= 11 is 0. The molecule has 3 aromatic carbocycles. The van der Waals surface area contributed by atoms with Gasteiger partial charge in [-0.25, -0.2) is 8.42 Å². The molecule has 0 saturated carbocycles. The van der Waals surface area contributed by atoms with E-state index in [0.717, 1.165) is 27.8 Å². The molecule has 1 heterocycles. The van der Waals surface area contributed by atoms with Gasteiger partial charge in [-0.3, -0.25) is 4.79 Å². The van der Waals surface area contributed by atoms with Crippen molar-refractivity contribution in [3.63, 3.8) is 0 Å². The number of carbonyl (C=O) groups excluding carboxylic acids is 1. The zero-order valence-corrected chi connectivity index (χ0v) is 18.7. The Balaban J connectivity index is 1.72. The van der Waals surface area contributed by atoms with Crippen LogP contribution in [0.2, 0.25) is 0 Å². The minimum Gasteiger partial charge on any atom is -0.324 e. The fourth-order valence-electron chi connectivity index (χ4n) is 3.99. The molecule has 4 rings (SSSR count). The van der Waals surface area contributed by atoms with Gasteiger partial charge in [-0.2, -0.15) is 4.31 Å². The number of sulfonamides is 1. The molecule has 0 saturated heterocycles. The lowest BCUT2D eigenvalue weighted by atomic mass is 9.95. The molecule has 0 aliphatic carbocycles. The van der Waals surface area contributed by atoms with Crippen LogP contribution >= 0.6 is 0 Å². The van der Waals surface area contributed by atoms with Gasteiger partial charge in [-0.15, -0.1) is 0 Å². The van der Waals surface area contributed by atoms with Crippen LogP contribution in [0.1, 0.15) is 27.8 Å². The molecule has 1 amide bonds. The largest absolute Gasteiger partial charge is 0.324 e. The first-order valence-electron chi connectivity index (χ1n) is 10.3. The fraction of sp³-hybridized carbons (Fsp3) is 0.240. The van der Waals surface area contributed by atoms with Crippen LogP contribution in [0.4, 0.5) is 5.69 Å². The molecular formula is C25H26N2O3S. The van der Waals surface area contributed by atoms with E-state index >= 15 is 0 Å². The van der Waals surface area contributed by atoms with Gasteiger partial charge in [0.05, 0.1) is 4.90 Å². The number of anilines is 1. The van der Waals surface area contributed by atoms with Gasteiger partial charge in [0.1, 0.15) is 6.04 Å². The molecule has 5 nitrogen and oxygen atoms in total. The molecule has 6 heteroatoms. The summed E-state index contributed by atoms with van der Waals surface area (Å²) < 4.78 is 28.4. The van der Waals surface area contributed by atoms with E-state index in [9.17, 15) is 13.2 Å². The average Bonchev–Trinajstić information content (AvgIpc) is 2.75. The Bertz CT molecular complexity index is 1230. The third kappa shape index (κ3) is 4.27. The summed E-state index contributed by atoms with van der Waals surface area (Å²) in [6.07, 6.45) is 0.331. The third-order valence-corrected chi connectivity index (χ3v) is 7.64. The highest BCUT2D eigenvalue weighted by Crippen LogP contribution is 2.30. The van der Waals surface area contributed by atoms with E-state index in [0.29, 0.717) is 12.1 Å². The highest BCUT2D eigenvalue weighted by molar-refractivity contribution is 7.89. The second-order valence-corrected chi connectivity index (χ2v) is 10.1. The summed E-state index contributed by atoms with van der Waals surface area (Å²) in [7, 11) is -3.85. The summed E-state index contributed by atoms with van der Waals surface area (Å²) in [6, 6.07) is 19.4. The van der Waals surface area contributed by atoms with Gasteiger partial charge in [0, 0.05) is 12.2 Å². The van der Waals surface area contributed by atoms with Crippen molar-refractivity contribution in [1.29, 1.82) is 0 Å². The van der Waals surface area contributed by atoms with E-state index in [-0.39, 0.29) is 17.3 Å². The molecule has 31 heavy (non-hydrogen) atoms. The number of aryl methyl sites for hydroxylation is 3. The standard InChI is InChI=1S/C25H26N2O3S/c1-17-8-11-22(12-9-17)31(29,30)27-16-21-7-5-4-6-20(21)15-24(27)25(28)26-23-13-10-18(2)14-19(23)3/h4-14,24H,15-16H2,1-3H3,(H,26,28)/t24-/m1/s1. The lowest BCUT2D eigenvalue weighted by Crippen LogP contribution is -2.50. The van der Waals surface area contributed by atoms with Gasteiger partial charge in [0.25, 0.3) is 0 Å². The van der Waals surface area contributed by atoms with Crippen LogP contribution in [0.5, 0.6) is 0 Å². The minimum atomic E-state index is -3.85. The molecule has 0 spiro atoms. The summed E-state index contributed by atoms with van der Waals surface area (Å²) in [4.78, 5) is 13.5. The van der Waals surface area contributed by atoms with Crippen molar-refractivity contribution in [1.82, 2.24) is 4.31 Å². The van der Waals surface area contributed by atoms with E-state index in [4.69, 9.17) is 0 Å². The number of hydrogen-bond donors (Lipinski definition) is 1. The lowest BCUT2D eigenvalue weighted by Gasteiger charge is -2.35. The second-order valence-electron chi connectivity index (χ2n) is 8.16. The molecule has 1 aliphatic heterocycles. The summed E-state index contributed by atoms with van der Waals surface area (Å²) in [5.41, 5.74) is 5.64. The third-order valence-electron chi connectivity index (χ3n) is 5.78. The molecule has 1 atom stereocenters. The predicted molar refractivity (Wildman–Crippen MR) is 122 cm³/mol. The maximum Gasteiger partial charge on any atom is 0.244 e. The Labute approximate surface area is 183 Å². The number of nitrogens with one attached hydrogen (secondary N) is 1. The van der Waals surface area contributed by atoms with E-state index in [1.165, 1.54) is 4.31 Å². The quantitative estimate of drug-likeness (QED) is 0.663. The number of carbonyl (C=O) groups is 1. The van der Waals surface area contributed by atoms with Crippen LogP contribution in [0.3, 0.4) is 0 Å². The van der Waals surface area contributed by atoms with Gasteiger partial charge in [-0.1, -0.05) is 59.7 Å². The van der Waals surface area contributed by atoms with Crippen LogP contribution in [0.25, 0.3) is 0 Å². The molecule has 0 radical (unpaired) electrons. The lowest BCUT2D eigenvalue weighted by molar-refractivity contribution is -0.120. The average molecular weight is 435 g/mol. The van der Waals surface area contributed by atoms with Crippen molar-refractivity contribution in [2.75, 3.05) is 5.32 Å². The number of amides is 1. The molecule has 3 aromatic rings. The Morgan fingerprint density at radius 1 is 0.903 bits per heavy atom. The van der Waals surface area contributed by atoms with Crippen molar-refractivity contribution < 1.29 is 13.2 Å². The summed E-state index contributed by atoms with van der Waals surface area (Å²) in [5, 5.41) is 2.96. The predicted octanol–water partition coefficient (Wildman–Crippen LogP) is 4.37. The molecular weight excluding hydrogens is 408 g/mol. The number of rotatable bonds is 4. The van der Waals surface area contributed by atoms with Crippen molar-refractivity contribution >= 4 is 21.6 Å². The zero-order valence-electron chi connectivity index (χ0n) is 17.9. The highest BCUT2D eigenvalue weighted by atomic mass is 32.2. The van der Waals surface area contributed by atoms with E-state index in [1.807, 2.05) is 63.2 Å². The van der Waals surface area contributed by atoms with Gasteiger partial charge in [-0.05, 0) is 62.1 Å². The Hall–Kier alpha value is -2.96. The number of hydrogen-bond acceptors (Lipinski definition) is 3. The van der Waals surface area contributed by atoms with E-state index in [2.05, 4.69) is 5.32 Å². The topological polar surface area (TPSA) is 66.5 Å². The first-order chi connectivity index (χ1) is 14.8. The molecule has 0 fully saturated rings. The number of fused-ring (bicyclic) bond motifs is 1. The monoisotopic (exact) mass is 434 g/mol. The van der Waals surface area contributed by atoms with Crippen LogP contribution < -0.4 is 5.32 Å². The van der Waals surface area contributed by atoms with Crippen LogP contribution in [0.15, 0.2) is 71.6 Å². The maximum atomic E-state index is 13.5. The zero-order chi connectivity index (χ0) is 22.2. The molecule has 160 valence electrons. The van der Waals surface area contributed by atoms with Crippen molar-refractivity contribution in [3.8, 4) is 0 Å². The molecule has 0 bridgehead atoms. The second kappa shape index (κ2) is 8.29. The van der Waals surface area contributed by atoms with Gasteiger partial charge in [0.2, 0.25) is 15.9 Å². The fourth-order valence-corrected chi connectivity index (χ4v) is 5.56. The first kappa shape index (κ1) is 21.3. The van der Waals surface area contributed by atoms with Gasteiger partial charge < -0.3 is 5.32 Å². The van der Waals surface area contributed by atoms with Crippen LogP contribution in [-0.2, 0) is 27.8 Å². The van der Waals surface area contributed by atoms with Crippen molar-refractivity contribution in [2.24, 2.45) is 0 Å². The molecule has 0 unspecified atom stereocenters.